The molecule has 2 saturated heterocycles. The second-order valence-corrected chi connectivity index (χ2v) is 10.8. The average molecular weight is 411 g/mol. The summed E-state index contributed by atoms with van der Waals surface area (Å²) in [4.78, 5) is 25.6. The van der Waals surface area contributed by atoms with Gasteiger partial charge in [-0.3, -0.25) is 9.59 Å². The number of carbonyl (C=O) groups excluding carboxylic acids is 2. The van der Waals surface area contributed by atoms with Gasteiger partial charge in [0, 0.05) is 24.7 Å². The normalized spacial score (nSPS) is 51.4. The van der Waals surface area contributed by atoms with E-state index in [1.165, 1.54) is 6.92 Å². The topological polar surface area (TPSA) is 102 Å². The lowest BCUT2D eigenvalue weighted by Gasteiger charge is -2.66. The standard InChI is InChI=1S/C22H34O7/c1-13(23)28-20(5)17(26)15(25)16-18(2,3)7-6-8-19(16,4)22(20)10-9-21(29-22)11-14(24)27-12-21/h14,16-17,24,26H,6-12H2,1-5H3/t14-,16+,17+,19+,20+,21-,22+/m1/s1. The summed E-state index contributed by atoms with van der Waals surface area (Å²) < 4.78 is 18.0. The van der Waals surface area contributed by atoms with Crippen LogP contribution in [0.5, 0.6) is 0 Å². The Balaban J connectivity index is 1.90. The Morgan fingerprint density at radius 3 is 2.38 bits per heavy atom. The SMILES string of the molecule is CC(=O)O[C@@]1(C)[C@@H](O)C(=O)[C@H]2C(C)(C)CCC[C@]2(C)[C@@]12CC[C@@]1(CO[C@@H](O)C1)O2. The predicted octanol–water partition coefficient (Wildman–Crippen LogP) is 2.11. The lowest BCUT2D eigenvalue weighted by atomic mass is 9.42. The molecule has 7 atom stereocenters. The molecule has 0 unspecified atom stereocenters. The Labute approximate surface area is 172 Å². The number of aliphatic hydroxyl groups excluding tert-OH is 2. The van der Waals surface area contributed by atoms with Gasteiger partial charge in [0.25, 0.3) is 0 Å². The number of esters is 1. The minimum Gasteiger partial charge on any atom is -0.453 e. The Hall–Kier alpha value is -1.02. The van der Waals surface area contributed by atoms with Crippen molar-refractivity contribution in [2.75, 3.05) is 6.61 Å². The highest BCUT2D eigenvalue weighted by atomic mass is 16.7. The van der Waals surface area contributed by atoms with Gasteiger partial charge in [0.2, 0.25) is 0 Å². The van der Waals surface area contributed by atoms with Crippen LogP contribution in [-0.2, 0) is 23.8 Å². The van der Waals surface area contributed by atoms with Crippen LogP contribution in [0.2, 0.25) is 0 Å². The van der Waals surface area contributed by atoms with Crippen LogP contribution in [0.3, 0.4) is 0 Å². The van der Waals surface area contributed by atoms with Crippen molar-refractivity contribution in [2.24, 2.45) is 16.7 Å². The first kappa shape index (κ1) is 21.2. The summed E-state index contributed by atoms with van der Waals surface area (Å²) in [6.45, 7) is 9.41. The van der Waals surface area contributed by atoms with Crippen molar-refractivity contribution in [3.05, 3.63) is 0 Å². The second-order valence-electron chi connectivity index (χ2n) is 10.8. The predicted molar refractivity (Wildman–Crippen MR) is 103 cm³/mol. The monoisotopic (exact) mass is 410 g/mol. The first-order chi connectivity index (χ1) is 13.3. The molecule has 29 heavy (non-hydrogen) atoms. The molecule has 2 N–H and O–H groups in total. The van der Waals surface area contributed by atoms with Crippen LogP contribution >= 0.6 is 0 Å². The zero-order chi connectivity index (χ0) is 21.5. The van der Waals surface area contributed by atoms with Gasteiger partial charge in [-0.25, -0.2) is 0 Å². The van der Waals surface area contributed by atoms with E-state index >= 15 is 0 Å². The summed E-state index contributed by atoms with van der Waals surface area (Å²) >= 11 is 0. The summed E-state index contributed by atoms with van der Waals surface area (Å²) in [6, 6.07) is 0. The molecule has 0 aromatic rings. The smallest absolute Gasteiger partial charge is 0.303 e. The molecule has 2 aliphatic carbocycles. The summed E-state index contributed by atoms with van der Waals surface area (Å²) in [5.74, 6) is -1.23. The zero-order valence-electron chi connectivity index (χ0n) is 18.1. The van der Waals surface area contributed by atoms with Crippen LogP contribution in [0, 0.1) is 16.7 Å². The van der Waals surface area contributed by atoms with E-state index in [1.54, 1.807) is 6.92 Å². The van der Waals surface area contributed by atoms with Gasteiger partial charge in [-0.15, -0.1) is 0 Å². The fourth-order valence-corrected chi connectivity index (χ4v) is 7.41. The van der Waals surface area contributed by atoms with Crippen LogP contribution in [0.1, 0.15) is 73.1 Å². The molecule has 4 rings (SSSR count). The Kier molecular flexibility index (Phi) is 4.57. The number of ether oxygens (including phenoxy) is 3. The minimum absolute atomic E-state index is 0.250. The molecular formula is C22H34O7. The Morgan fingerprint density at radius 2 is 1.79 bits per heavy atom. The molecule has 4 fully saturated rings. The first-order valence-electron chi connectivity index (χ1n) is 10.7. The van der Waals surface area contributed by atoms with Gasteiger partial charge in [0.15, 0.2) is 23.8 Å². The van der Waals surface area contributed by atoms with E-state index in [-0.39, 0.29) is 17.8 Å². The molecular weight excluding hydrogens is 376 g/mol. The van der Waals surface area contributed by atoms with Crippen LogP contribution in [0.4, 0.5) is 0 Å². The van der Waals surface area contributed by atoms with E-state index in [0.29, 0.717) is 19.3 Å². The third kappa shape index (κ3) is 2.63. The quantitative estimate of drug-likeness (QED) is 0.638. The minimum atomic E-state index is -1.51. The molecule has 7 heteroatoms. The van der Waals surface area contributed by atoms with Crippen molar-refractivity contribution >= 4 is 11.8 Å². The second kappa shape index (κ2) is 6.25. The number of carbonyl (C=O) groups is 2. The molecule has 2 heterocycles. The summed E-state index contributed by atoms with van der Waals surface area (Å²) in [7, 11) is 0. The highest BCUT2D eigenvalue weighted by Crippen LogP contribution is 2.69. The van der Waals surface area contributed by atoms with E-state index in [2.05, 4.69) is 20.8 Å². The van der Waals surface area contributed by atoms with Gasteiger partial charge in [0.1, 0.15) is 5.60 Å². The summed E-state index contributed by atoms with van der Waals surface area (Å²) in [5.41, 5.74) is -4.18. The van der Waals surface area contributed by atoms with Crippen LogP contribution in [0.15, 0.2) is 0 Å². The molecule has 164 valence electrons. The van der Waals surface area contributed by atoms with Crippen molar-refractivity contribution in [1.82, 2.24) is 0 Å². The molecule has 0 aromatic carbocycles. The van der Waals surface area contributed by atoms with E-state index in [0.717, 1.165) is 19.3 Å². The van der Waals surface area contributed by atoms with E-state index < -0.39 is 46.5 Å². The lowest BCUT2D eigenvalue weighted by molar-refractivity contribution is -0.310. The molecule has 0 radical (unpaired) electrons. The van der Waals surface area contributed by atoms with Gasteiger partial charge < -0.3 is 24.4 Å². The molecule has 0 aromatic heterocycles. The van der Waals surface area contributed by atoms with Crippen molar-refractivity contribution in [2.45, 2.75) is 102 Å². The van der Waals surface area contributed by atoms with E-state index in [9.17, 15) is 19.8 Å². The van der Waals surface area contributed by atoms with Crippen molar-refractivity contribution in [3.63, 3.8) is 0 Å². The number of fused-ring (bicyclic) bond motifs is 2. The molecule has 2 saturated carbocycles. The van der Waals surface area contributed by atoms with E-state index in [4.69, 9.17) is 14.2 Å². The number of rotatable bonds is 1. The largest absolute Gasteiger partial charge is 0.453 e. The van der Waals surface area contributed by atoms with Crippen molar-refractivity contribution in [3.8, 4) is 0 Å². The molecule has 0 bridgehead atoms. The maximum absolute atomic E-state index is 13.5. The third-order valence-electron chi connectivity index (χ3n) is 8.50. The fourth-order valence-electron chi connectivity index (χ4n) is 7.41. The zero-order valence-corrected chi connectivity index (χ0v) is 18.1. The fraction of sp³-hybridized carbons (Fsp3) is 0.909. The first-order valence-corrected chi connectivity index (χ1v) is 10.7. The third-order valence-corrected chi connectivity index (χ3v) is 8.50. The van der Waals surface area contributed by atoms with E-state index in [1.807, 2.05) is 0 Å². The van der Waals surface area contributed by atoms with Crippen LogP contribution < -0.4 is 0 Å². The molecule has 2 spiro atoms. The molecule has 0 amide bonds. The molecule has 7 nitrogen and oxygen atoms in total. The Morgan fingerprint density at radius 1 is 1.10 bits per heavy atom. The highest BCUT2D eigenvalue weighted by molar-refractivity contribution is 5.90. The molecule has 2 aliphatic heterocycles. The lowest BCUT2D eigenvalue weighted by Crippen LogP contribution is -2.78. The van der Waals surface area contributed by atoms with Crippen molar-refractivity contribution in [1.29, 1.82) is 0 Å². The average Bonchev–Trinajstić information content (AvgIpc) is 3.16. The number of Topliss-reactive ketones (excluding diaryl/α,β-unsaturated/α-hetero) is 1. The van der Waals surface area contributed by atoms with Gasteiger partial charge in [0.05, 0.1) is 12.2 Å². The van der Waals surface area contributed by atoms with Crippen LogP contribution in [0.25, 0.3) is 0 Å². The van der Waals surface area contributed by atoms with Gasteiger partial charge >= 0.3 is 5.97 Å². The number of hydrogen-bond donors (Lipinski definition) is 2. The summed E-state index contributed by atoms with van der Waals surface area (Å²) in [6.07, 6.45) is 1.67. The number of hydrogen-bond acceptors (Lipinski definition) is 7. The van der Waals surface area contributed by atoms with Gasteiger partial charge in [-0.1, -0.05) is 27.2 Å². The van der Waals surface area contributed by atoms with Gasteiger partial charge in [-0.05, 0) is 38.0 Å². The Bertz CT molecular complexity index is 735. The number of aliphatic hydroxyl groups is 2. The highest BCUT2D eigenvalue weighted by Gasteiger charge is 2.78. The maximum atomic E-state index is 13.5. The maximum Gasteiger partial charge on any atom is 0.303 e. The van der Waals surface area contributed by atoms with Crippen LogP contribution in [-0.4, -0.2) is 57.8 Å². The van der Waals surface area contributed by atoms with Gasteiger partial charge in [-0.2, -0.15) is 0 Å². The summed E-state index contributed by atoms with van der Waals surface area (Å²) in [5, 5.41) is 21.3. The van der Waals surface area contributed by atoms with Crippen molar-refractivity contribution < 1.29 is 34.0 Å². The number of ketones is 1. The molecule has 4 aliphatic rings.